The van der Waals surface area contributed by atoms with Crippen molar-refractivity contribution in [3.05, 3.63) is 12.3 Å². The summed E-state index contributed by atoms with van der Waals surface area (Å²) in [5, 5.41) is 0. The van der Waals surface area contributed by atoms with Gasteiger partial charge in [0.05, 0.1) is 12.6 Å². The van der Waals surface area contributed by atoms with Crippen LogP contribution in [0.2, 0.25) is 0 Å². The lowest BCUT2D eigenvalue weighted by Crippen LogP contribution is -2.43. The van der Waals surface area contributed by atoms with Crippen LogP contribution in [0.4, 0.5) is 0 Å². The number of hydrogen-bond donors (Lipinski definition) is 0. The average Bonchev–Trinajstić information content (AvgIpc) is 2.36. The Morgan fingerprint density at radius 1 is 1.70 bits per heavy atom. The molecule has 1 fully saturated rings. The number of carbonyl (C=O) groups is 1. The van der Waals surface area contributed by atoms with E-state index in [0.717, 1.165) is 6.42 Å². The molecule has 3 heteroatoms. The van der Waals surface area contributed by atoms with Gasteiger partial charge in [0.15, 0.2) is 0 Å². The lowest BCUT2D eigenvalue weighted by Gasteiger charge is -2.28. The first-order valence-electron chi connectivity index (χ1n) is 3.43. The molecule has 3 nitrogen and oxygen atoms in total. The number of amides is 1. The summed E-state index contributed by atoms with van der Waals surface area (Å²) in [6, 6.07) is 0.293. The highest BCUT2D eigenvalue weighted by Gasteiger charge is 2.28. The number of morpholine rings is 1. The number of nitrogens with zero attached hydrogens (tertiary/aromatic N) is 1. The molecule has 2 rings (SSSR count). The minimum atomic E-state index is 0.0880. The quantitative estimate of drug-likeness (QED) is 0.477. The predicted molar refractivity (Wildman–Crippen MR) is 35.2 cm³/mol. The van der Waals surface area contributed by atoms with Gasteiger partial charge in [-0.15, -0.1) is 0 Å². The SMILES string of the molecule is O=C1COCC2CC=CN12. The molecule has 1 saturated heterocycles. The Kier molecular flexibility index (Phi) is 1.24. The van der Waals surface area contributed by atoms with Crippen LogP contribution >= 0.6 is 0 Å². The minimum Gasteiger partial charge on any atom is -0.369 e. The minimum absolute atomic E-state index is 0.0880. The Morgan fingerprint density at radius 2 is 2.60 bits per heavy atom. The Bertz CT molecular complexity index is 188. The van der Waals surface area contributed by atoms with E-state index in [1.54, 1.807) is 4.90 Å². The molecule has 0 aliphatic carbocycles. The molecule has 2 heterocycles. The summed E-state index contributed by atoms with van der Waals surface area (Å²) in [6.45, 7) is 0.944. The van der Waals surface area contributed by atoms with E-state index in [4.69, 9.17) is 4.74 Å². The monoisotopic (exact) mass is 139 g/mol. The zero-order chi connectivity index (χ0) is 6.97. The molecule has 0 aromatic heterocycles. The van der Waals surface area contributed by atoms with Gasteiger partial charge in [-0.1, -0.05) is 6.08 Å². The average molecular weight is 139 g/mol. The summed E-state index contributed by atoms with van der Waals surface area (Å²) in [5.41, 5.74) is 0. The fourth-order valence-electron chi connectivity index (χ4n) is 1.36. The molecule has 2 aliphatic heterocycles. The molecular formula is C7H9NO2. The van der Waals surface area contributed by atoms with Gasteiger partial charge < -0.3 is 9.64 Å². The van der Waals surface area contributed by atoms with Crippen LogP contribution in [0.1, 0.15) is 6.42 Å². The van der Waals surface area contributed by atoms with Gasteiger partial charge in [0, 0.05) is 6.20 Å². The van der Waals surface area contributed by atoms with Crippen LogP contribution in [0, 0.1) is 0 Å². The fraction of sp³-hybridized carbons (Fsp3) is 0.571. The third-order valence-electron chi connectivity index (χ3n) is 1.89. The van der Waals surface area contributed by atoms with E-state index in [1.165, 1.54) is 0 Å². The van der Waals surface area contributed by atoms with Crippen molar-refractivity contribution in [2.24, 2.45) is 0 Å². The highest BCUT2D eigenvalue weighted by Crippen LogP contribution is 2.17. The molecule has 10 heavy (non-hydrogen) atoms. The molecule has 1 atom stereocenters. The lowest BCUT2D eigenvalue weighted by atomic mass is 10.2. The highest BCUT2D eigenvalue weighted by molar-refractivity contribution is 5.79. The summed E-state index contributed by atoms with van der Waals surface area (Å²) in [6.07, 6.45) is 4.82. The number of ether oxygens (including phenoxy) is 1. The van der Waals surface area contributed by atoms with Gasteiger partial charge in [0.2, 0.25) is 0 Å². The summed E-state index contributed by atoms with van der Waals surface area (Å²) < 4.78 is 5.06. The topological polar surface area (TPSA) is 29.5 Å². The van der Waals surface area contributed by atoms with Gasteiger partial charge in [0.1, 0.15) is 6.61 Å². The summed E-state index contributed by atoms with van der Waals surface area (Å²) in [4.78, 5) is 12.8. The maximum atomic E-state index is 11.0. The first-order chi connectivity index (χ1) is 4.88. The van der Waals surface area contributed by atoms with Crippen LogP contribution in [-0.4, -0.2) is 30.1 Å². The Balaban J connectivity index is 2.16. The van der Waals surface area contributed by atoms with Gasteiger partial charge >= 0.3 is 0 Å². The second kappa shape index (κ2) is 2.09. The first-order valence-corrected chi connectivity index (χ1v) is 3.43. The van der Waals surface area contributed by atoms with Crippen LogP contribution in [0.15, 0.2) is 12.3 Å². The van der Waals surface area contributed by atoms with Crippen molar-refractivity contribution in [2.75, 3.05) is 13.2 Å². The van der Waals surface area contributed by atoms with Crippen LogP contribution in [0.25, 0.3) is 0 Å². The van der Waals surface area contributed by atoms with E-state index in [0.29, 0.717) is 12.6 Å². The largest absolute Gasteiger partial charge is 0.369 e. The van der Waals surface area contributed by atoms with Crippen LogP contribution in [0.5, 0.6) is 0 Å². The molecule has 0 radical (unpaired) electrons. The Labute approximate surface area is 59.3 Å². The van der Waals surface area contributed by atoms with Gasteiger partial charge in [0.25, 0.3) is 5.91 Å². The molecule has 0 aromatic rings. The first kappa shape index (κ1) is 5.92. The van der Waals surface area contributed by atoms with Crippen molar-refractivity contribution < 1.29 is 9.53 Å². The Hall–Kier alpha value is -0.830. The zero-order valence-electron chi connectivity index (χ0n) is 5.62. The van der Waals surface area contributed by atoms with E-state index in [2.05, 4.69) is 0 Å². The van der Waals surface area contributed by atoms with Crippen LogP contribution in [-0.2, 0) is 9.53 Å². The van der Waals surface area contributed by atoms with Crippen molar-refractivity contribution in [1.29, 1.82) is 0 Å². The molecule has 1 unspecified atom stereocenters. The van der Waals surface area contributed by atoms with Gasteiger partial charge in [-0.2, -0.15) is 0 Å². The molecule has 0 spiro atoms. The van der Waals surface area contributed by atoms with Gasteiger partial charge in [-0.25, -0.2) is 0 Å². The molecule has 54 valence electrons. The molecule has 2 aliphatic rings. The normalized spacial score (nSPS) is 31.0. The van der Waals surface area contributed by atoms with Crippen molar-refractivity contribution in [2.45, 2.75) is 12.5 Å². The van der Waals surface area contributed by atoms with Crippen LogP contribution in [0.3, 0.4) is 0 Å². The molecule has 0 saturated carbocycles. The molecule has 1 amide bonds. The lowest BCUT2D eigenvalue weighted by molar-refractivity contribution is -0.142. The van der Waals surface area contributed by atoms with Crippen molar-refractivity contribution >= 4 is 5.91 Å². The maximum absolute atomic E-state index is 11.0. The maximum Gasteiger partial charge on any atom is 0.252 e. The highest BCUT2D eigenvalue weighted by atomic mass is 16.5. The number of rotatable bonds is 0. The Morgan fingerprint density at radius 3 is 3.40 bits per heavy atom. The summed E-state index contributed by atoms with van der Waals surface area (Å²) in [5.74, 6) is 0.0880. The molecule has 0 bridgehead atoms. The van der Waals surface area contributed by atoms with Crippen molar-refractivity contribution in [3.63, 3.8) is 0 Å². The smallest absolute Gasteiger partial charge is 0.252 e. The van der Waals surface area contributed by atoms with E-state index in [1.807, 2.05) is 12.3 Å². The zero-order valence-corrected chi connectivity index (χ0v) is 5.62. The van der Waals surface area contributed by atoms with E-state index < -0.39 is 0 Å². The van der Waals surface area contributed by atoms with Crippen molar-refractivity contribution in [1.82, 2.24) is 4.90 Å². The van der Waals surface area contributed by atoms with E-state index >= 15 is 0 Å². The van der Waals surface area contributed by atoms with Gasteiger partial charge in [-0.3, -0.25) is 4.79 Å². The molecule has 0 aromatic carbocycles. The summed E-state index contributed by atoms with van der Waals surface area (Å²) >= 11 is 0. The van der Waals surface area contributed by atoms with E-state index in [9.17, 15) is 4.79 Å². The fourth-order valence-corrected chi connectivity index (χ4v) is 1.36. The number of carbonyl (C=O) groups excluding carboxylic acids is 1. The predicted octanol–water partition coefficient (Wildman–Crippen LogP) is 0.131. The third kappa shape index (κ3) is 0.743. The van der Waals surface area contributed by atoms with Crippen LogP contribution < -0.4 is 0 Å². The molecular weight excluding hydrogens is 130 g/mol. The second-order valence-corrected chi connectivity index (χ2v) is 2.59. The standard InChI is InChI=1S/C7H9NO2/c9-7-5-10-4-6-2-1-3-8(6)7/h1,3,6H,2,4-5H2. The summed E-state index contributed by atoms with van der Waals surface area (Å²) in [7, 11) is 0. The second-order valence-electron chi connectivity index (χ2n) is 2.59. The van der Waals surface area contributed by atoms with Crippen molar-refractivity contribution in [3.8, 4) is 0 Å². The number of hydrogen-bond acceptors (Lipinski definition) is 2. The number of fused-ring (bicyclic) bond motifs is 1. The molecule has 0 N–H and O–H groups in total. The van der Waals surface area contributed by atoms with Gasteiger partial charge in [-0.05, 0) is 6.42 Å². The third-order valence-corrected chi connectivity index (χ3v) is 1.89. The van der Waals surface area contributed by atoms with E-state index in [-0.39, 0.29) is 12.5 Å².